The molecule has 20 heavy (non-hydrogen) atoms. The van der Waals surface area contributed by atoms with Gasteiger partial charge in [-0.2, -0.15) is 5.26 Å². The summed E-state index contributed by atoms with van der Waals surface area (Å²) in [6, 6.07) is 9.17. The van der Waals surface area contributed by atoms with Crippen molar-refractivity contribution < 1.29 is 9.84 Å². The van der Waals surface area contributed by atoms with E-state index < -0.39 is 0 Å². The Bertz CT molecular complexity index is 619. The van der Waals surface area contributed by atoms with Crippen molar-refractivity contribution in [2.24, 2.45) is 7.05 Å². The molecule has 1 N–H and O–H groups in total. The zero-order valence-electron chi connectivity index (χ0n) is 11.1. The Hall–Kier alpha value is -1.97. The molecule has 0 spiro atoms. The number of ether oxygens (including phenoxy) is 1. The summed E-state index contributed by atoms with van der Waals surface area (Å²) in [6.07, 6.45) is 1.67. The predicted molar refractivity (Wildman–Crippen MR) is 76.5 cm³/mol. The van der Waals surface area contributed by atoms with Crippen molar-refractivity contribution in [2.45, 2.75) is 11.8 Å². The van der Waals surface area contributed by atoms with Crippen LogP contribution in [0.25, 0.3) is 0 Å². The van der Waals surface area contributed by atoms with Crippen molar-refractivity contribution in [2.75, 3.05) is 12.4 Å². The molecule has 0 saturated heterocycles. The number of hydrogen-bond donors (Lipinski definition) is 1. The van der Waals surface area contributed by atoms with Crippen molar-refractivity contribution in [3.63, 3.8) is 0 Å². The maximum Gasteiger partial charge on any atom is 0.168 e. The fraction of sp³-hybridized carbons (Fsp3) is 0.286. The van der Waals surface area contributed by atoms with E-state index in [9.17, 15) is 0 Å². The number of imidazole rings is 1. The van der Waals surface area contributed by atoms with Gasteiger partial charge in [0.25, 0.3) is 0 Å². The molecule has 0 saturated carbocycles. The van der Waals surface area contributed by atoms with E-state index in [0.29, 0.717) is 17.9 Å². The van der Waals surface area contributed by atoms with Gasteiger partial charge in [-0.3, -0.25) is 0 Å². The second-order valence-electron chi connectivity index (χ2n) is 4.09. The second kappa shape index (κ2) is 6.98. The molecule has 0 atom stereocenters. The van der Waals surface area contributed by atoms with E-state index in [1.807, 2.05) is 17.7 Å². The Labute approximate surface area is 121 Å². The second-order valence-corrected chi connectivity index (χ2v) is 5.15. The zero-order chi connectivity index (χ0) is 14.4. The summed E-state index contributed by atoms with van der Waals surface area (Å²) in [5, 5.41) is 18.7. The molecule has 0 aliphatic heterocycles. The first-order valence-electron chi connectivity index (χ1n) is 6.12. The molecule has 1 heterocycles. The molecule has 0 bridgehead atoms. The van der Waals surface area contributed by atoms with Gasteiger partial charge in [0.15, 0.2) is 5.16 Å². The minimum Gasteiger partial charge on any atom is -0.493 e. The van der Waals surface area contributed by atoms with E-state index in [-0.39, 0.29) is 6.61 Å². The number of aromatic nitrogens is 2. The third-order valence-electron chi connectivity index (χ3n) is 2.75. The molecule has 2 rings (SSSR count). The standard InChI is InChI=1S/C14H15N3O2S/c1-17-12(10-18)9-16-14(17)20-6-5-19-13-4-2-3-11(7-13)8-15/h2-4,7,9,18H,5-6,10H2,1H3. The van der Waals surface area contributed by atoms with Crippen LogP contribution in [0.1, 0.15) is 11.3 Å². The minimum atomic E-state index is -0.0124. The highest BCUT2D eigenvalue weighted by molar-refractivity contribution is 7.99. The summed E-state index contributed by atoms with van der Waals surface area (Å²) >= 11 is 1.56. The quantitative estimate of drug-likeness (QED) is 0.650. The smallest absolute Gasteiger partial charge is 0.168 e. The molecule has 0 unspecified atom stereocenters. The first-order chi connectivity index (χ1) is 9.74. The van der Waals surface area contributed by atoms with Crippen LogP contribution in [-0.4, -0.2) is 27.0 Å². The fourth-order valence-electron chi connectivity index (χ4n) is 1.65. The lowest BCUT2D eigenvalue weighted by Gasteiger charge is -2.06. The average Bonchev–Trinajstić information content (AvgIpc) is 2.84. The molecule has 5 nitrogen and oxygen atoms in total. The summed E-state index contributed by atoms with van der Waals surface area (Å²) in [4.78, 5) is 4.23. The lowest BCUT2D eigenvalue weighted by Crippen LogP contribution is -2.02. The number of nitriles is 1. The van der Waals surface area contributed by atoms with Crippen LogP contribution >= 0.6 is 11.8 Å². The number of thioether (sulfide) groups is 1. The highest BCUT2D eigenvalue weighted by atomic mass is 32.2. The Morgan fingerprint density at radius 1 is 1.50 bits per heavy atom. The van der Waals surface area contributed by atoms with Crippen molar-refractivity contribution in [3.8, 4) is 11.8 Å². The van der Waals surface area contributed by atoms with Gasteiger partial charge in [0.1, 0.15) is 5.75 Å². The van der Waals surface area contributed by atoms with Crippen molar-refractivity contribution in [1.29, 1.82) is 5.26 Å². The summed E-state index contributed by atoms with van der Waals surface area (Å²) < 4.78 is 7.45. The fourth-order valence-corrected chi connectivity index (χ4v) is 2.44. The molecule has 0 radical (unpaired) electrons. The maximum atomic E-state index is 9.08. The van der Waals surface area contributed by atoms with Gasteiger partial charge in [0.05, 0.1) is 36.7 Å². The first kappa shape index (κ1) is 14.4. The molecular weight excluding hydrogens is 274 g/mol. The van der Waals surface area contributed by atoms with Crippen molar-refractivity contribution >= 4 is 11.8 Å². The maximum absolute atomic E-state index is 9.08. The number of nitrogens with zero attached hydrogens (tertiary/aromatic N) is 3. The minimum absolute atomic E-state index is 0.0124. The van der Waals surface area contributed by atoms with E-state index in [0.717, 1.165) is 16.6 Å². The molecule has 0 aliphatic carbocycles. The SMILES string of the molecule is Cn1c(CO)cnc1SCCOc1cccc(C#N)c1. The van der Waals surface area contributed by atoms with Gasteiger partial charge in [-0.15, -0.1) is 0 Å². The average molecular weight is 289 g/mol. The van der Waals surface area contributed by atoms with Gasteiger partial charge < -0.3 is 14.4 Å². The zero-order valence-corrected chi connectivity index (χ0v) is 11.9. The largest absolute Gasteiger partial charge is 0.493 e. The van der Waals surface area contributed by atoms with Gasteiger partial charge in [-0.25, -0.2) is 4.98 Å². The van der Waals surface area contributed by atoms with E-state index in [1.54, 1.807) is 36.2 Å². The normalized spacial score (nSPS) is 10.2. The predicted octanol–water partition coefficient (Wildman–Crippen LogP) is 1.96. The van der Waals surface area contributed by atoms with Gasteiger partial charge in [-0.05, 0) is 18.2 Å². The Balaban J connectivity index is 1.81. The molecule has 0 aliphatic rings. The number of hydrogen-bond acceptors (Lipinski definition) is 5. The molecule has 1 aromatic heterocycles. The van der Waals surface area contributed by atoms with Gasteiger partial charge >= 0.3 is 0 Å². The van der Waals surface area contributed by atoms with Crippen LogP contribution in [0.5, 0.6) is 5.75 Å². The van der Waals surface area contributed by atoms with Crippen LogP contribution < -0.4 is 4.74 Å². The summed E-state index contributed by atoms with van der Waals surface area (Å²) in [7, 11) is 1.87. The van der Waals surface area contributed by atoms with E-state index in [4.69, 9.17) is 15.1 Å². The summed E-state index contributed by atoms with van der Waals surface area (Å²) in [6.45, 7) is 0.516. The third kappa shape index (κ3) is 3.53. The number of aliphatic hydroxyl groups is 1. The third-order valence-corrected chi connectivity index (χ3v) is 3.76. The topological polar surface area (TPSA) is 71.1 Å². The molecule has 104 valence electrons. The van der Waals surface area contributed by atoms with E-state index >= 15 is 0 Å². The van der Waals surface area contributed by atoms with Crippen molar-refractivity contribution in [3.05, 3.63) is 41.7 Å². The van der Waals surface area contributed by atoms with Crippen LogP contribution in [-0.2, 0) is 13.7 Å². The van der Waals surface area contributed by atoms with Gasteiger partial charge in [0, 0.05) is 12.8 Å². The van der Waals surface area contributed by atoms with Crippen LogP contribution in [0.3, 0.4) is 0 Å². The lowest BCUT2D eigenvalue weighted by atomic mass is 10.2. The molecule has 1 aromatic carbocycles. The van der Waals surface area contributed by atoms with Crippen LogP contribution in [0.2, 0.25) is 0 Å². The van der Waals surface area contributed by atoms with E-state index in [2.05, 4.69) is 11.1 Å². The highest BCUT2D eigenvalue weighted by Gasteiger charge is 2.06. The van der Waals surface area contributed by atoms with Gasteiger partial charge in [0.2, 0.25) is 0 Å². The highest BCUT2D eigenvalue weighted by Crippen LogP contribution is 2.18. The monoisotopic (exact) mass is 289 g/mol. The van der Waals surface area contributed by atoms with Gasteiger partial charge in [-0.1, -0.05) is 17.8 Å². The Morgan fingerprint density at radius 3 is 3.05 bits per heavy atom. The number of benzene rings is 1. The molecule has 6 heteroatoms. The number of rotatable bonds is 6. The molecule has 0 amide bonds. The van der Waals surface area contributed by atoms with Crippen LogP contribution in [0, 0.1) is 11.3 Å². The molecule has 2 aromatic rings. The lowest BCUT2D eigenvalue weighted by molar-refractivity contribution is 0.271. The van der Waals surface area contributed by atoms with E-state index in [1.165, 1.54) is 0 Å². The van der Waals surface area contributed by atoms with Crippen LogP contribution in [0.15, 0.2) is 35.6 Å². The molecule has 0 fully saturated rings. The Kier molecular flexibility index (Phi) is 5.04. The van der Waals surface area contributed by atoms with Crippen LogP contribution in [0.4, 0.5) is 0 Å². The number of aliphatic hydroxyl groups excluding tert-OH is 1. The Morgan fingerprint density at radius 2 is 2.35 bits per heavy atom. The molecular formula is C14H15N3O2S. The summed E-state index contributed by atoms with van der Waals surface area (Å²) in [5.41, 5.74) is 1.38. The first-order valence-corrected chi connectivity index (χ1v) is 7.10. The van der Waals surface area contributed by atoms with Crippen molar-refractivity contribution in [1.82, 2.24) is 9.55 Å². The summed E-state index contributed by atoms with van der Waals surface area (Å²) in [5.74, 6) is 1.44.